The highest BCUT2D eigenvalue weighted by molar-refractivity contribution is 7.88. The molecule has 3 nitrogen and oxygen atoms in total. The van der Waals surface area contributed by atoms with E-state index in [1.807, 2.05) is 24.3 Å². The van der Waals surface area contributed by atoms with Gasteiger partial charge in [0.1, 0.15) is 0 Å². The first-order valence-corrected chi connectivity index (χ1v) is 6.72. The van der Waals surface area contributed by atoms with E-state index in [1.165, 1.54) is 7.05 Å². The molecule has 0 bridgehead atoms. The zero-order valence-corrected chi connectivity index (χ0v) is 9.97. The second-order valence-corrected chi connectivity index (χ2v) is 5.41. The van der Waals surface area contributed by atoms with Gasteiger partial charge >= 0.3 is 0 Å². The first-order chi connectivity index (χ1) is 7.09. The number of rotatable bonds is 5. The van der Waals surface area contributed by atoms with Crippen molar-refractivity contribution in [3.63, 3.8) is 0 Å². The second-order valence-electron chi connectivity index (χ2n) is 3.48. The standard InChI is InChI=1S/C11H17NO2S/c1-3-6-10-7-4-5-8-11(10)9-15(13,14)12-2/h4-5,7-8,12H,3,6,9H2,1-2H3. The molecule has 0 aliphatic carbocycles. The zero-order valence-electron chi connectivity index (χ0n) is 9.16. The van der Waals surface area contributed by atoms with Crippen LogP contribution >= 0.6 is 0 Å². The van der Waals surface area contributed by atoms with Gasteiger partial charge in [-0.15, -0.1) is 0 Å². The molecule has 1 rings (SSSR count). The first-order valence-electron chi connectivity index (χ1n) is 5.07. The van der Waals surface area contributed by atoms with Crippen LogP contribution in [-0.2, 0) is 22.2 Å². The minimum atomic E-state index is -3.16. The van der Waals surface area contributed by atoms with Gasteiger partial charge in [-0.25, -0.2) is 13.1 Å². The fourth-order valence-corrected chi connectivity index (χ4v) is 2.32. The van der Waals surface area contributed by atoms with Crippen LogP contribution in [0.25, 0.3) is 0 Å². The molecular formula is C11H17NO2S. The molecule has 0 spiro atoms. The van der Waals surface area contributed by atoms with Crippen LogP contribution in [0.2, 0.25) is 0 Å². The molecule has 15 heavy (non-hydrogen) atoms. The Bertz CT molecular complexity index is 412. The summed E-state index contributed by atoms with van der Waals surface area (Å²) in [6.45, 7) is 2.09. The summed E-state index contributed by atoms with van der Waals surface area (Å²) in [5.74, 6) is 0.0691. The number of hydrogen-bond donors (Lipinski definition) is 1. The van der Waals surface area contributed by atoms with Crippen LogP contribution in [0.4, 0.5) is 0 Å². The average Bonchev–Trinajstić information content (AvgIpc) is 2.21. The molecule has 0 aromatic heterocycles. The summed E-state index contributed by atoms with van der Waals surface area (Å²) >= 11 is 0. The first kappa shape index (κ1) is 12.2. The molecule has 0 radical (unpaired) electrons. The minimum Gasteiger partial charge on any atom is -0.218 e. The van der Waals surface area contributed by atoms with Crippen LogP contribution in [0, 0.1) is 0 Å². The van der Waals surface area contributed by atoms with Crippen molar-refractivity contribution < 1.29 is 8.42 Å². The Morgan fingerprint density at radius 1 is 1.20 bits per heavy atom. The van der Waals surface area contributed by atoms with E-state index in [2.05, 4.69) is 11.6 Å². The predicted octanol–water partition coefficient (Wildman–Crippen LogP) is 1.69. The van der Waals surface area contributed by atoms with E-state index in [1.54, 1.807) is 0 Å². The van der Waals surface area contributed by atoms with Crippen LogP contribution in [0.1, 0.15) is 24.5 Å². The van der Waals surface area contributed by atoms with Crippen molar-refractivity contribution in [3.05, 3.63) is 35.4 Å². The van der Waals surface area contributed by atoms with Gasteiger partial charge in [-0.05, 0) is 24.6 Å². The van der Waals surface area contributed by atoms with Crippen molar-refractivity contribution in [2.75, 3.05) is 7.05 Å². The third-order valence-electron chi connectivity index (χ3n) is 2.29. The van der Waals surface area contributed by atoms with E-state index in [-0.39, 0.29) is 5.75 Å². The van der Waals surface area contributed by atoms with E-state index in [9.17, 15) is 8.42 Å². The number of benzene rings is 1. The van der Waals surface area contributed by atoms with Gasteiger partial charge in [0, 0.05) is 0 Å². The lowest BCUT2D eigenvalue weighted by molar-refractivity contribution is 0.587. The van der Waals surface area contributed by atoms with Crippen LogP contribution < -0.4 is 4.72 Å². The highest BCUT2D eigenvalue weighted by Crippen LogP contribution is 2.13. The van der Waals surface area contributed by atoms with E-state index < -0.39 is 10.0 Å². The second kappa shape index (κ2) is 5.28. The molecule has 0 unspecified atom stereocenters. The lowest BCUT2D eigenvalue weighted by Crippen LogP contribution is -2.21. The number of nitrogens with one attached hydrogen (secondary N) is 1. The molecule has 0 saturated carbocycles. The van der Waals surface area contributed by atoms with Gasteiger partial charge < -0.3 is 0 Å². The van der Waals surface area contributed by atoms with Crippen molar-refractivity contribution in [2.24, 2.45) is 0 Å². The fourth-order valence-electron chi connectivity index (χ4n) is 1.49. The highest BCUT2D eigenvalue weighted by atomic mass is 32.2. The summed E-state index contributed by atoms with van der Waals surface area (Å²) in [5.41, 5.74) is 2.02. The molecule has 0 heterocycles. The Morgan fingerprint density at radius 3 is 2.33 bits per heavy atom. The summed E-state index contributed by atoms with van der Waals surface area (Å²) in [4.78, 5) is 0. The predicted molar refractivity (Wildman–Crippen MR) is 62.1 cm³/mol. The van der Waals surface area contributed by atoms with Gasteiger partial charge in [0.25, 0.3) is 0 Å². The molecule has 0 aliphatic rings. The molecule has 1 N–H and O–H groups in total. The molecule has 1 aromatic carbocycles. The van der Waals surface area contributed by atoms with Gasteiger partial charge in [0.15, 0.2) is 0 Å². The van der Waals surface area contributed by atoms with Crippen LogP contribution in [0.3, 0.4) is 0 Å². The molecule has 0 saturated heterocycles. The lowest BCUT2D eigenvalue weighted by Gasteiger charge is -2.08. The maximum absolute atomic E-state index is 11.4. The molecular weight excluding hydrogens is 210 g/mol. The van der Waals surface area contributed by atoms with Crippen molar-refractivity contribution >= 4 is 10.0 Å². The molecule has 0 aliphatic heterocycles. The lowest BCUT2D eigenvalue weighted by atomic mass is 10.0. The van der Waals surface area contributed by atoms with E-state index in [0.717, 1.165) is 24.0 Å². The SMILES string of the molecule is CCCc1ccccc1CS(=O)(=O)NC. The monoisotopic (exact) mass is 227 g/mol. The minimum absolute atomic E-state index is 0.0691. The summed E-state index contributed by atoms with van der Waals surface area (Å²) in [6, 6.07) is 7.68. The Labute approximate surface area is 91.6 Å². The maximum Gasteiger partial charge on any atom is 0.215 e. The third kappa shape index (κ3) is 3.64. The summed E-state index contributed by atoms with van der Waals surface area (Å²) < 4.78 is 25.2. The Morgan fingerprint density at radius 2 is 1.80 bits per heavy atom. The van der Waals surface area contributed by atoms with E-state index >= 15 is 0 Å². The van der Waals surface area contributed by atoms with Crippen molar-refractivity contribution in [3.8, 4) is 0 Å². The van der Waals surface area contributed by atoms with Crippen LogP contribution in [-0.4, -0.2) is 15.5 Å². The van der Waals surface area contributed by atoms with Crippen molar-refractivity contribution in [1.29, 1.82) is 0 Å². The molecule has 1 aromatic rings. The summed E-state index contributed by atoms with van der Waals surface area (Å²) in [6.07, 6.45) is 1.95. The summed E-state index contributed by atoms with van der Waals surface area (Å²) in [7, 11) is -1.72. The fraction of sp³-hybridized carbons (Fsp3) is 0.455. The topological polar surface area (TPSA) is 46.2 Å². The molecule has 0 fully saturated rings. The Hall–Kier alpha value is -0.870. The average molecular weight is 227 g/mol. The maximum atomic E-state index is 11.4. The van der Waals surface area contributed by atoms with Crippen molar-refractivity contribution in [2.45, 2.75) is 25.5 Å². The Balaban J connectivity index is 2.94. The van der Waals surface area contributed by atoms with Crippen LogP contribution in [0.5, 0.6) is 0 Å². The molecule has 84 valence electrons. The van der Waals surface area contributed by atoms with Crippen molar-refractivity contribution in [1.82, 2.24) is 4.72 Å². The molecule has 0 atom stereocenters. The van der Waals surface area contributed by atoms with Gasteiger partial charge in [-0.2, -0.15) is 0 Å². The number of aryl methyl sites for hydroxylation is 1. The van der Waals surface area contributed by atoms with Gasteiger partial charge in [-0.3, -0.25) is 0 Å². The number of hydrogen-bond acceptors (Lipinski definition) is 2. The van der Waals surface area contributed by atoms with Gasteiger partial charge in [0.05, 0.1) is 5.75 Å². The Kier molecular flexibility index (Phi) is 4.29. The van der Waals surface area contributed by atoms with Gasteiger partial charge in [-0.1, -0.05) is 37.6 Å². The normalized spacial score (nSPS) is 11.6. The third-order valence-corrected chi connectivity index (χ3v) is 3.61. The molecule has 0 amide bonds. The summed E-state index contributed by atoms with van der Waals surface area (Å²) in [5, 5.41) is 0. The van der Waals surface area contributed by atoms with E-state index in [4.69, 9.17) is 0 Å². The molecule has 4 heteroatoms. The largest absolute Gasteiger partial charge is 0.218 e. The van der Waals surface area contributed by atoms with Crippen LogP contribution in [0.15, 0.2) is 24.3 Å². The highest BCUT2D eigenvalue weighted by Gasteiger charge is 2.10. The zero-order chi connectivity index (χ0) is 11.3. The van der Waals surface area contributed by atoms with Gasteiger partial charge in [0.2, 0.25) is 10.0 Å². The van der Waals surface area contributed by atoms with E-state index in [0.29, 0.717) is 0 Å². The number of sulfonamides is 1. The quantitative estimate of drug-likeness (QED) is 0.832. The smallest absolute Gasteiger partial charge is 0.215 e.